The molecule has 0 saturated heterocycles. The van der Waals surface area contributed by atoms with Crippen molar-refractivity contribution >= 4 is 78.7 Å². The number of hydrogen-bond donors (Lipinski definition) is 0. The predicted octanol–water partition coefficient (Wildman–Crippen LogP) is 18.0. The fourth-order valence-corrected chi connectivity index (χ4v) is 12.2. The molecule has 2 heteroatoms. The summed E-state index contributed by atoms with van der Waals surface area (Å²) in [5, 5.41) is 7.57. The van der Waals surface area contributed by atoms with E-state index in [1.165, 1.54) is 133 Å². The molecule has 0 amide bonds. The average molecular weight is 895 g/mol. The summed E-state index contributed by atoms with van der Waals surface area (Å²) in [7, 11) is 0. The minimum atomic E-state index is -0.142. The van der Waals surface area contributed by atoms with Crippen LogP contribution in [-0.4, -0.2) is 9.13 Å². The van der Waals surface area contributed by atoms with E-state index in [1.807, 2.05) is 0 Å². The second-order valence-corrected chi connectivity index (χ2v) is 20.6. The molecule has 0 spiro atoms. The Kier molecular flexibility index (Phi) is 8.71. The number of para-hydroxylation sites is 3. The molecule has 10 aromatic carbocycles. The van der Waals surface area contributed by atoms with E-state index in [1.54, 1.807) is 0 Å². The SMILES string of the molecule is CC1(C)c2cc(C=Cc3ccc4c(c3)c3ccccc3n4-c3ccccc3)ccc2-c2cc3c(cc21)-c1ccc(C=Cc2ccc4c(c2)c2ccccc2n4-c2ccc4ccccc4c2)cc1C3(C)C. The Labute approximate surface area is 408 Å². The van der Waals surface area contributed by atoms with E-state index in [2.05, 4.69) is 267 Å². The Morgan fingerprint density at radius 1 is 0.286 bits per heavy atom. The number of rotatable bonds is 6. The second kappa shape index (κ2) is 15.0. The largest absolute Gasteiger partial charge is 0.309 e. The van der Waals surface area contributed by atoms with Crippen molar-refractivity contribution in [2.24, 2.45) is 0 Å². The van der Waals surface area contributed by atoms with E-state index in [4.69, 9.17) is 0 Å². The zero-order valence-electron chi connectivity index (χ0n) is 39.8. The first-order valence-corrected chi connectivity index (χ1v) is 24.7. The van der Waals surface area contributed by atoms with Gasteiger partial charge in [0, 0.05) is 43.7 Å². The molecular weight excluding hydrogens is 845 g/mol. The standard InChI is InChI=1S/C68H50N2/c1-67(2)59-38-45(24-22-43-28-34-65-57(36-43)53-18-10-12-20-63(53)69(65)49-16-6-5-7-17-49)26-32-51(59)55-41-62-56(42-61(55)67)52-33-27-46(39-60(52)68(62,3)4)25-23-44-29-35-66-58(37-44)54-19-11-13-21-64(54)70(66)50-31-30-47-14-8-9-15-48(47)40-50/h5-42H,1-4H3. The maximum atomic E-state index is 2.52. The minimum Gasteiger partial charge on any atom is -0.309 e. The molecule has 2 nitrogen and oxygen atoms in total. The van der Waals surface area contributed by atoms with Gasteiger partial charge in [-0.3, -0.25) is 0 Å². The topological polar surface area (TPSA) is 9.86 Å². The predicted molar refractivity (Wildman–Crippen MR) is 298 cm³/mol. The Bertz CT molecular complexity index is 4220. The van der Waals surface area contributed by atoms with Crippen LogP contribution in [0.4, 0.5) is 0 Å². The summed E-state index contributed by atoms with van der Waals surface area (Å²) in [5.74, 6) is 0. The van der Waals surface area contributed by atoms with Gasteiger partial charge in [-0.2, -0.15) is 0 Å². The normalized spacial score (nSPS) is 14.4. The number of hydrogen-bond acceptors (Lipinski definition) is 0. The van der Waals surface area contributed by atoms with Crippen LogP contribution in [0, 0.1) is 0 Å². The van der Waals surface area contributed by atoms with Crippen molar-refractivity contribution in [3.8, 4) is 33.6 Å². The fourth-order valence-electron chi connectivity index (χ4n) is 12.2. The molecule has 332 valence electrons. The molecule has 70 heavy (non-hydrogen) atoms. The van der Waals surface area contributed by atoms with Crippen LogP contribution in [0.1, 0.15) is 72.2 Å². The van der Waals surface area contributed by atoms with E-state index in [9.17, 15) is 0 Å². The van der Waals surface area contributed by atoms with Gasteiger partial charge in [-0.15, -0.1) is 0 Å². The van der Waals surface area contributed by atoms with Gasteiger partial charge >= 0.3 is 0 Å². The molecule has 0 saturated carbocycles. The summed E-state index contributed by atoms with van der Waals surface area (Å²) in [6.45, 7) is 9.62. The molecular formula is C68H50N2. The molecule has 0 aliphatic heterocycles. The lowest BCUT2D eigenvalue weighted by Gasteiger charge is -2.24. The van der Waals surface area contributed by atoms with Crippen molar-refractivity contribution < 1.29 is 0 Å². The summed E-state index contributed by atoms with van der Waals surface area (Å²) < 4.78 is 4.78. The lowest BCUT2D eigenvalue weighted by Crippen LogP contribution is -2.17. The van der Waals surface area contributed by atoms with Crippen LogP contribution in [0.5, 0.6) is 0 Å². The highest BCUT2D eigenvalue weighted by Crippen LogP contribution is 2.56. The van der Waals surface area contributed by atoms with E-state index in [-0.39, 0.29) is 10.8 Å². The third-order valence-electron chi connectivity index (χ3n) is 15.9. The summed E-state index contributed by atoms with van der Waals surface area (Å²) in [6, 6.07) is 76.6. The van der Waals surface area contributed by atoms with Crippen molar-refractivity contribution in [2.45, 2.75) is 38.5 Å². The smallest absolute Gasteiger partial charge is 0.0541 e. The van der Waals surface area contributed by atoms with Crippen LogP contribution >= 0.6 is 0 Å². The van der Waals surface area contributed by atoms with Gasteiger partial charge in [0.2, 0.25) is 0 Å². The molecule has 2 aromatic heterocycles. The van der Waals surface area contributed by atoms with Crippen molar-refractivity contribution in [2.75, 3.05) is 0 Å². The fraction of sp³-hybridized carbons (Fsp3) is 0.0882. The number of nitrogens with zero attached hydrogens (tertiary/aromatic N) is 2. The quantitative estimate of drug-likeness (QED) is 0.147. The van der Waals surface area contributed by atoms with Gasteiger partial charge in [0.15, 0.2) is 0 Å². The molecule has 2 heterocycles. The maximum Gasteiger partial charge on any atom is 0.0541 e. The highest BCUT2D eigenvalue weighted by atomic mass is 15.0. The first-order valence-electron chi connectivity index (χ1n) is 24.7. The summed E-state index contributed by atoms with van der Waals surface area (Å²) in [5.41, 5.74) is 22.8. The maximum absolute atomic E-state index is 2.52. The van der Waals surface area contributed by atoms with Gasteiger partial charge in [0.25, 0.3) is 0 Å². The Morgan fingerprint density at radius 3 is 1.24 bits per heavy atom. The van der Waals surface area contributed by atoms with Gasteiger partial charge < -0.3 is 9.13 Å². The van der Waals surface area contributed by atoms with Crippen LogP contribution in [0.15, 0.2) is 206 Å². The first-order chi connectivity index (χ1) is 34.2. The zero-order chi connectivity index (χ0) is 46.9. The van der Waals surface area contributed by atoms with Crippen molar-refractivity contribution in [1.29, 1.82) is 0 Å². The Hall–Kier alpha value is -8.46. The molecule has 0 radical (unpaired) electrons. The molecule has 0 atom stereocenters. The molecule has 2 aliphatic rings. The highest BCUT2D eigenvalue weighted by Gasteiger charge is 2.41. The summed E-state index contributed by atoms with van der Waals surface area (Å²) >= 11 is 0. The lowest BCUT2D eigenvalue weighted by atomic mass is 9.79. The first kappa shape index (κ1) is 40.6. The van der Waals surface area contributed by atoms with Crippen molar-refractivity contribution in [1.82, 2.24) is 9.13 Å². The number of benzene rings is 10. The molecule has 0 fully saturated rings. The third-order valence-corrected chi connectivity index (χ3v) is 15.9. The van der Waals surface area contributed by atoms with Crippen LogP contribution in [0.25, 0.3) is 112 Å². The van der Waals surface area contributed by atoms with E-state index in [0.29, 0.717) is 0 Å². The number of aromatic nitrogens is 2. The molecule has 0 N–H and O–H groups in total. The minimum absolute atomic E-state index is 0.139. The van der Waals surface area contributed by atoms with Crippen molar-refractivity contribution in [3.63, 3.8) is 0 Å². The highest BCUT2D eigenvalue weighted by molar-refractivity contribution is 6.11. The van der Waals surface area contributed by atoms with E-state index < -0.39 is 0 Å². The van der Waals surface area contributed by atoms with Crippen LogP contribution in [0.2, 0.25) is 0 Å². The second-order valence-electron chi connectivity index (χ2n) is 20.6. The van der Waals surface area contributed by atoms with Gasteiger partial charge in [0.05, 0.1) is 22.1 Å². The monoisotopic (exact) mass is 894 g/mol. The summed E-state index contributed by atoms with van der Waals surface area (Å²) in [4.78, 5) is 0. The van der Waals surface area contributed by atoms with Crippen LogP contribution in [0.3, 0.4) is 0 Å². The molecule has 12 aromatic rings. The Morgan fingerprint density at radius 2 is 0.700 bits per heavy atom. The zero-order valence-corrected chi connectivity index (χ0v) is 39.8. The summed E-state index contributed by atoms with van der Waals surface area (Å²) in [6.07, 6.45) is 9.12. The van der Waals surface area contributed by atoms with E-state index in [0.717, 1.165) is 0 Å². The molecule has 0 bridgehead atoms. The van der Waals surface area contributed by atoms with Crippen LogP contribution in [-0.2, 0) is 10.8 Å². The molecule has 14 rings (SSSR count). The van der Waals surface area contributed by atoms with Crippen molar-refractivity contribution in [3.05, 3.63) is 251 Å². The number of fused-ring (bicyclic) bond motifs is 13. The van der Waals surface area contributed by atoms with Crippen LogP contribution < -0.4 is 0 Å². The average Bonchev–Trinajstić information content (AvgIpc) is 4.05. The van der Waals surface area contributed by atoms with Gasteiger partial charge in [0.1, 0.15) is 0 Å². The lowest BCUT2D eigenvalue weighted by molar-refractivity contribution is 0.652. The molecule has 2 aliphatic carbocycles. The molecule has 0 unspecified atom stereocenters. The van der Waals surface area contributed by atoms with Gasteiger partial charge in [-0.1, -0.05) is 185 Å². The van der Waals surface area contributed by atoms with Gasteiger partial charge in [-0.05, 0) is 150 Å². The van der Waals surface area contributed by atoms with E-state index >= 15 is 0 Å². The third kappa shape index (κ3) is 6.06. The van der Waals surface area contributed by atoms with Gasteiger partial charge in [-0.25, -0.2) is 0 Å². The Balaban J connectivity index is 0.756.